The van der Waals surface area contributed by atoms with E-state index in [0.717, 1.165) is 28.3 Å². The third-order valence-corrected chi connectivity index (χ3v) is 4.12. The van der Waals surface area contributed by atoms with Gasteiger partial charge in [0.25, 0.3) is 0 Å². The summed E-state index contributed by atoms with van der Waals surface area (Å²) in [5, 5.41) is 12.8. The number of furan rings is 1. The number of nitrogens with zero attached hydrogens (tertiary/aromatic N) is 5. The van der Waals surface area contributed by atoms with Crippen LogP contribution in [0.3, 0.4) is 0 Å². The molecule has 1 unspecified atom stereocenters. The third-order valence-electron chi connectivity index (χ3n) is 4.12. The molecule has 0 spiro atoms. The summed E-state index contributed by atoms with van der Waals surface area (Å²) in [6, 6.07) is 11.9. The average molecular weight is 319 g/mol. The van der Waals surface area contributed by atoms with E-state index in [-0.39, 0.29) is 6.04 Å². The second-order valence-electron chi connectivity index (χ2n) is 5.73. The minimum absolute atomic E-state index is 0.00454. The molecule has 4 rings (SSSR count). The second-order valence-corrected chi connectivity index (χ2v) is 5.73. The largest absolute Gasteiger partial charge is 0.467 e. The molecular weight excluding hydrogens is 302 g/mol. The molecule has 0 amide bonds. The first kappa shape index (κ1) is 14.4. The van der Waals surface area contributed by atoms with E-state index in [9.17, 15) is 0 Å². The van der Waals surface area contributed by atoms with Crippen molar-refractivity contribution in [2.24, 2.45) is 0 Å². The van der Waals surface area contributed by atoms with Crippen LogP contribution in [-0.4, -0.2) is 24.8 Å². The van der Waals surface area contributed by atoms with Gasteiger partial charge in [0.05, 0.1) is 18.1 Å². The van der Waals surface area contributed by atoms with Crippen LogP contribution in [0.4, 0.5) is 0 Å². The van der Waals surface area contributed by atoms with Gasteiger partial charge in [0, 0.05) is 18.0 Å². The SMILES string of the molecule is Cc1cc(-n2cccn2)ccc1-c1cn(C(C)c2ccco2)nn1. The van der Waals surface area contributed by atoms with Gasteiger partial charge in [0.1, 0.15) is 17.5 Å². The van der Waals surface area contributed by atoms with Crippen LogP contribution in [0.1, 0.15) is 24.3 Å². The van der Waals surface area contributed by atoms with Crippen molar-refractivity contribution < 1.29 is 4.42 Å². The summed E-state index contributed by atoms with van der Waals surface area (Å²) >= 11 is 0. The molecule has 24 heavy (non-hydrogen) atoms. The van der Waals surface area contributed by atoms with Crippen LogP contribution < -0.4 is 0 Å². The van der Waals surface area contributed by atoms with E-state index in [1.165, 1.54) is 0 Å². The normalized spacial score (nSPS) is 12.4. The smallest absolute Gasteiger partial charge is 0.128 e. The highest BCUT2D eigenvalue weighted by Gasteiger charge is 2.14. The minimum Gasteiger partial charge on any atom is -0.467 e. The average Bonchev–Trinajstić information content (AvgIpc) is 3.35. The molecular formula is C18H17N5O. The van der Waals surface area contributed by atoms with Crippen molar-refractivity contribution in [2.75, 3.05) is 0 Å². The standard InChI is InChI=1S/C18H17N5O/c1-13-11-15(22-9-4-8-19-22)6-7-16(13)17-12-23(21-20-17)14(2)18-5-3-10-24-18/h3-12,14H,1-2H3. The van der Waals surface area contributed by atoms with E-state index in [4.69, 9.17) is 4.42 Å². The highest BCUT2D eigenvalue weighted by molar-refractivity contribution is 5.64. The summed E-state index contributed by atoms with van der Waals surface area (Å²) in [6.07, 6.45) is 7.31. The molecule has 0 saturated carbocycles. The van der Waals surface area contributed by atoms with E-state index in [1.54, 1.807) is 12.5 Å². The predicted octanol–water partition coefficient (Wildman–Crippen LogP) is 3.64. The molecule has 0 aliphatic rings. The Bertz CT molecular complexity index is 938. The van der Waals surface area contributed by atoms with E-state index in [1.807, 2.05) is 52.9 Å². The first-order valence-corrected chi connectivity index (χ1v) is 7.78. The Morgan fingerprint density at radius 1 is 1.17 bits per heavy atom. The lowest BCUT2D eigenvalue weighted by Gasteiger charge is -2.08. The molecule has 0 saturated heterocycles. The first-order chi connectivity index (χ1) is 11.7. The van der Waals surface area contributed by atoms with Gasteiger partial charge in [-0.25, -0.2) is 9.36 Å². The second kappa shape index (κ2) is 5.81. The Morgan fingerprint density at radius 2 is 2.08 bits per heavy atom. The lowest BCUT2D eigenvalue weighted by Crippen LogP contribution is -2.06. The Kier molecular flexibility index (Phi) is 3.49. The fraction of sp³-hybridized carbons (Fsp3) is 0.167. The molecule has 0 fully saturated rings. The molecule has 6 heteroatoms. The molecule has 3 aromatic heterocycles. The summed E-state index contributed by atoms with van der Waals surface area (Å²) in [5.74, 6) is 0.859. The Balaban J connectivity index is 1.65. The molecule has 1 aromatic carbocycles. The van der Waals surface area contributed by atoms with Gasteiger partial charge in [-0.15, -0.1) is 5.10 Å². The van der Waals surface area contributed by atoms with E-state index in [0.29, 0.717) is 0 Å². The van der Waals surface area contributed by atoms with Crippen molar-refractivity contribution in [1.82, 2.24) is 24.8 Å². The molecule has 6 nitrogen and oxygen atoms in total. The fourth-order valence-electron chi connectivity index (χ4n) is 2.75. The highest BCUT2D eigenvalue weighted by Crippen LogP contribution is 2.25. The van der Waals surface area contributed by atoms with Gasteiger partial charge in [-0.1, -0.05) is 11.3 Å². The zero-order valence-corrected chi connectivity index (χ0v) is 13.5. The summed E-state index contributed by atoms with van der Waals surface area (Å²) in [4.78, 5) is 0. The van der Waals surface area contributed by atoms with Crippen LogP contribution in [0, 0.1) is 6.92 Å². The van der Waals surface area contributed by atoms with Crippen molar-refractivity contribution in [3.05, 3.63) is 72.6 Å². The monoisotopic (exact) mass is 319 g/mol. The van der Waals surface area contributed by atoms with Gasteiger partial charge in [-0.2, -0.15) is 5.10 Å². The first-order valence-electron chi connectivity index (χ1n) is 7.78. The Labute approximate surface area is 139 Å². The Morgan fingerprint density at radius 3 is 2.79 bits per heavy atom. The quantitative estimate of drug-likeness (QED) is 0.576. The number of hydrogen-bond donors (Lipinski definition) is 0. The van der Waals surface area contributed by atoms with Crippen molar-refractivity contribution in [1.29, 1.82) is 0 Å². The van der Waals surface area contributed by atoms with Gasteiger partial charge in [0.15, 0.2) is 0 Å². The maximum absolute atomic E-state index is 5.45. The molecule has 1 atom stereocenters. The fourth-order valence-corrected chi connectivity index (χ4v) is 2.75. The highest BCUT2D eigenvalue weighted by atomic mass is 16.3. The summed E-state index contributed by atoms with van der Waals surface area (Å²) in [5.41, 5.74) is 4.06. The van der Waals surface area contributed by atoms with E-state index < -0.39 is 0 Å². The maximum Gasteiger partial charge on any atom is 0.128 e. The molecule has 0 bridgehead atoms. The van der Waals surface area contributed by atoms with Crippen LogP contribution in [0.25, 0.3) is 16.9 Å². The summed E-state index contributed by atoms with van der Waals surface area (Å²) < 4.78 is 9.10. The zero-order valence-electron chi connectivity index (χ0n) is 13.5. The Hall–Kier alpha value is -3.15. The molecule has 0 aliphatic heterocycles. The minimum atomic E-state index is 0.00454. The van der Waals surface area contributed by atoms with Crippen molar-refractivity contribution in [2.45, 2.75) is 19.9 Å². The van der Waals surface area contributed by atoms with Crippen molar-refractivity contribution in [3.8, 4) is 16.9 Å². The molecule has 4 aromatic rings. The van der Waals surface area contributed by atoms with E-state index in [2.05, 4.69) is 34.5 Å². The van der Waals surface area contributed by atoms with Crippen LogP contribution in [0.2, 0.25) is 0 Å². The topological polar surface area (TPSA) is 61.7 Å². The zero-order chi connectivity index (χ0) is 16.5. The van der Waals surface area contributed by atoms with Gasteiger partial charge < -0.3 is 4.42 Å². The van der Waals surface area contributed by atoms with Crippen molar-refractivity contribution in [3.63, 3.8) is 0 Å². The number of rotatable bonds is 4. The predicted molar refractivity (Wildman–Crippen MR) is 89.8 cm³/mol. The van der Waals surface area contributed by atoms with Crippen molar-refractivity contribution >= 4 is 0 Å². The van der Waals surface area contributed by atoms with Gasteiger partial charge in [-0.05, 0) is 49.7 Å². The summed E-state index contributed by atoms with van der Waals surface area (Å²) in [6.45, 7) is 4.10. The third kappa shape index (κ3) is 2.52. The lowest BCUT2D eigenvalue weighted by molar-refractivity contribution is 0.419. The van der Waals surface area contributed by atoms with Crippen LogP contribution in [-0.2, 0) is 0 Å². The molecule has 120 valence electrons. The number of benzene rings is 1. The van der Waals surface area contributed by atoms with Crippen LogP contribution in [0.15, 0.2) is 65.7 Å². The molecule has 0 radical (unpaired) electrons. The molecule has 0 N–H and O–H groups in total. The van der Waals surface area contributed by atoms with Gasteiger partial charge in [0.2, 0.25) is 0 Å². The number of aromatic nitrogens is 5. The van der Waals surface area contributed by atoms with Crippen LogP contribution >= 0.6 is 0 Å². The van der Waals surface area contributed by atoms with E-state index >= 15 is 0 Å². The molecule has 3 heterocycles. The van der Waals surface area contributed by atoms with Crippen LogP contribution in [0.5, 0.6) is 0 Å². The van der Waals surface area contributed by atoms with Gasteiger partial charge >= 0.3 is 0 Å². The lowest BCUT2D eigenvalue weighted by atomic mass is 10.1. The number of hydrogen-bond acceptors (Lipinski definition) is 4. The number of aryl methyl sites for hydroxylation is 1. The maximum atomic E-state index is 5.45. The summed E-state index contributed by atoms with van der Waals surface area (Å²) in [7, 11) is 0. The molecule has 0 aliphatic carbocycles. The van der Waals surface area contributed by atoms with Gasteiger partial charge in [-0.3, -0.25) is 0 Å².